The predicted octanol–water partition coefficient (Wildman–Crippen LogP) is 2.09. The molecule has 0 unspecified atom stereocenters. The molecular weight excluding hydrogens is 302 g/mol. The number of urea groups is 1. The molecule has 0 aliphatic rings. The predicted molar refractivity (Wildman–Crippen MR) is 96.7 cm³/mol. The van der Waals surface area contributed by atoms with Crippen molar-refractivity contribution in [2.45, 2.75) is 53.0 Å². The van der Waals surface area contributed by atoms with E-state index in [1.165, 1.54) is 11.1 Å². The van der Waals surface area contributed by atoms with E-state index in [4.69, 9.17) is 0 Å². The van der Waals surface area contributed by atoms with E-state index in [0.29, 0.717) is 12.5 Å². The lowest BCUT2D eigenvalue weighted by atomic mass is 9.85. The second kappa shape index (κ2) is 8.83. The average Bonchev–Trinajstić information content (AvgIpc) is 2.46. The lowest BCUT2D eigenvalue weighted by Crippen LogP contribution is -2.88. The summed E-state index contributed by atoms with van der Waals surface area (Å²) >= 11 is 0. The van der Waals surface area contributed by atoms with Crippen LogP contribution in [0.1, 0.15) is 58.7 Å². The number of carbonyl (C=O) groups excluding carboxylic acids is 2. The summed E-state index contributed by atoms with van der Waals surface area (Å²) in [5, 5.41) is 6.88. The van der Waals surface area contributed by atoms with Crippen LogP contribution in [0.3, 0.4) is 0 Å². The van der Waals surface area contributed by atoms with Gasteiger partial charge in [-0.15, -0.1) is 0 Å². The molecule has 0 heterocycles. The van der Waals surface area contributed by atoms with Gasteiger partial charge < -0.3 is 10.6 Å². The summed E-state index contributed by atoms with van der Waals surface area (Å²) < 4.78 is 0. The van der Waals surface area contributed by atoms with Crippen LogP contribution in [0.15, 0.2) is 24.3 Å². The van der Waals surface area contributed by atoms with Crippen molar-refractivity contribution < 1.29 is 14.9 Å². The standard InChI is InChI=1S/C19H31N3O2/c1-7-20-18(24)22-16(23)12-21-17(13(2)3)14-8-10-15(11-9-14)19(4,5)6/h8-11,13,17,21H,7,12H2,1-6H3,(H2,20,22,23,24)/p+1/t17-/m0/s1. The average molecular weight is 334 g/mol. The molecule has 5 nitrogen and oxygen atoms in total. The molecule has 3 amide bonds. The largest absolute Gasteiger partial charge is 0.338 e. The van der Waals surface area contributed by atoms with Crippen molar-refractivity contribution in [1.29, 1.82) is 0 Å². The summed E-state index contributed by atoms with van der Waals surface area (Å²) in [6.45, 7) is 13.4. The molecule has 4 N–H and O–H groups in total. The maximum atomic E-state index is 11.9. The van der Waals surface area contributed by atoms with Crippen LogP contribution >= 0.6 is 0 Å². The number of imide groups is 1. The van der Waals surface area contributed by atoms with E-state index in [1.54, 1.807) is 0 Å². The highest BCUT2D eigenvalue weighted by Gasteiger charge is 2.22. The fourth-order valence-electron chi connectivity index (χ4n) is 2.61. The highest BCUT2D eigenvalue weighted by atomic mass is 16.2. The molecule has 0 aliphatic heterocycles. The molecule has 0 aliphatic carbocycles. The summed E-state index contributed by atoms with van der Waals surface area (Å²) in [5.41, 5.74) is 2.62. The maximum Gasteiger partial charge on any atom is 0.321 e. The van der Waals surface area contributed by atoms with Gasteiger partial charge in [0.15, 0.2) is 6.54 Å². The Morgan fingerprint density at radius 1 is 1.12 bits per heavy atom. The first-order chi connectivity index (χ1) is 11.1. The number of nitrogens with one attached hydrogen (secondary N) is 2. The normalized spacial score (nSPS) is 12.8. The Labute approximate surface area is 145 Å². The van der Waals surface area contributed by atoms with Crippen LogP contribution in [0.25, 0.3) is 0 Å². The minimum absolute atomic E-state index is 0.127. The molecule has 1 rings (SSSR count). The van der Waals surface area contributed by atoms with Crippen LogP contribution in [0.5, 0.6) is 0 Å². The number of hydrogen-bond acceptors (Lipinski definition) is 2. The Hall–Kier alpha value is -1.88. The quantitative estimate of drug-likeness (QED) is 0.745. The number of rotatable bonds is 6. The fraction of sp³-hybridized carbons (Fsp3) is 0.579. The van der Waals surface area contributed by atoms with Crippen LogP contribution in [-0.4, -0.2) is 25.0 Å². The van der Waals surface area contributed by atoms with E-state index in [9.17, 15) is 9.59 Å². The Morgan fingerprint density at radius 2 is 1.71 bits per heavy atom. The van der Waals surface area contributed by atoms with Gasteiger partial charge >= 0.3 is 6.03 Å². The third-order valence-corrected chi connectivity index (χ3v) is 4.03. The lowest BCUT2D eigenvalue weighted by molar-refractivity contribution is -0.692. The Morgan fingerprint density at radius 3 is 2.17 bits per heavy atom. The summed E-state index contributed by atoms with van der Waals surface area (Å²) in [7, 11) is 0. The van der Waals surface area contributed by atoms with Gasteiger partial charge in [0.05, 0.1) is 0 Å². The molecule has 24 heavy (non-hydrogen) atoms. The molecule has 0 saturated heterocycles. The van der Waals surface area contributed by atoms with Crippen LogP contribution in [0.2, 0.25) is 0 Å². The highest BCUT2D eigenvalue weighted by Crippen LogP contribution is 2.25. The monoisotopic (exact) mass is 334 g/mol. The summed E-state index contributed by atoms with van der Waals surface area (Å²) in [6, 6.07) is 8.35. The van der Waals surface area contributed by atoms with Crippen LogP contribution in [0, 0.1) is 5.92 Å². The summed E-state index contributed by atoms with van der Waals surface area (Å²) in [6.07, 6.45) is 0. The second-order valence-corrected chi connectivity index (χ2v) is 7.49. The van der Waals surface area contributed by atoms with Gasteiger partial charge in [-0.2, -0.15) is 0 Å². The summed E-state index contributed by atoms with van der Waals surface area (Å²) in [5.74, 6) is 0.0978. The molecule has 0 bridgehead atoms. The Kier molecular flexibility index (Phi) is 7.42. The lowest BCUT2D eigenvalue weighted by Gasteiger charge is -2.22. The van der Waals surface area contributed by atoms with Crippen LogP contribution in [-0.2, 0) is 10.2 Å². The van der Waals surface area contributed by atoms with Crippen molar-refractivity contribution in [1.82, 2.24) is 10.6 Å². The van der Waals surface area contributed by atoms with Crippen LogP contribution < -0.4 is 16.0 Å². The van der Waals surface area contributed by atoms with Crippen molar-refractivity contribution in [2.75, 3.05) is 13.1 Å². The first-order valence-corrected chi connectivity index (χ1v) is 8.66. The van der Waals surface area contributed by atoms with Crippen molar-refractivity contribution >= 4 is 11.9 Å². The summed E-state index contributed by atoms with van der Waals surface area (Å²) in [4.78, 5) is 23.2. The Balaban J connectivity index is 2.71. The molecule has 134 valence electrons. The number of carbonyl (C=O) groups is 2. The van der Waals surface area contributed by atoms with Gasteiger partial charge in [-0.05, 0) is 17.9 Å². The molecule has 1 aromatic carbocycles. The van der Waals surface area contributed by atoms with E-state index in [2.05, 4.69) is 69.5 Å². The van der Waals surface area contributed by atoms with Crippen molar-refractivity contribution in [2.24, 2.45) is 5.92 Å². The van der Waals surface area contributed by atoms with Gasteiger partial charge in [-0.25, -0.2) is 4.79 Å². The fourth-order valence-corrected chi connectivity index (χ4v) is 2.61. The van der Waals surface area contributed by atoms with Crippen LogP contribution in [0.4, 0.5) is 4.79 Å². The second-order valence-electron chi connectivity index (χ2n) is 7.49. The third-order valence-electron chi connectivity index (χ3n) is 4.03. The number of nitrogens with two attached hydrogens (primary N) is 1. The molecule has 1 aromatic rings. The molecule has 0 fully saturated rings. The van der Waals surface area contributed by atoms with E-state index >= 15 is 0 Å². The topological polar surface area (TPSA) is 74.8 Å². The van der Waals surface area contributed by atoms with Gasteiger partial charge in [0, 0.05) is 18.0 Å². The zero-order valence-electron chi connectivity index (χ0n) is 15.8. The zero-order chi connectivity index (χ0) is 18.3. The van der Waals surface area contributed by atoms with E-state index in [-0.39, 0.29) is 23.9 Å². The first-order valence-electron chi connectivity index (χ1n) is 8.66. The first kappa shape index (κ1) is 20.2. The van der Waals surface area contributed by atoms with Crippen molar-refractivity contribution in [3.63, 3.8) is 0 Å². The van der Waals surface area contributed by atoms with Gasteiger partial charge in [-0.3, -0.25) is 10.1 Å². The Bertz CT molecular complexity index is 545. The number of benzene rings is 1. The molecule has 0 radical (unpaired) electrons. The number of quaternary nitrogens is 1. The van der Waals surface area contributed by atoms with Gasteiger partial charge in [0.25, 0.3) is 5.91 Å². The number of amides is 3. The maximum absolute atomic E-state index is 11.9. The molecule has 5 heteroatoms. The number of hydrogen-bond donors (Lipinski definition) is 3. The minimum atomic E-state index is -0.438. The highest BCUT2D eigenvalue weighted by molar-refractivity contribution is 5.94. The van der Waals surface area contributed by atoms with E-state index in [1.807, 2.05) is 12.2 Å². The SMILES string of the molecule is CCNC(=O)NC(=O)C[NH2+][C@H](c1ccc(C(C)(C)C)cc1)C(C)C. The molecule has 1 atom stereocenters. The van der Waals surface area contributed by atoms with Gasteiger partial charge in [0.2, 0.25) is 0 Å². The molecule has 0 saturated carbocycles. The third kappa shape index (κ3) is 6.32. The zero-order valence-corrected chi connectivity index (χ0v) is 15.8. The van der Waals surface area contributed by atoms with Gasteiger partial charge in [-0.1, -0.05) is 58.9 Å². The molecular formula is C19H32N3O2+. The van der Waals surface area contributed by atoms with Crippen molar-refractivity contribution in [3.8, 4) is 0 Å². The van der Waals surface area contributed by atoms with E-state index < -0.39 is 6.03 Å². The molecule has 0 spiro atoms. The van der Waals surface area contributed by atoms with Crippen molar-refractivity contribution in [3.05, 3.63) is 35.4 Å². The minimum Gasteiger partial charge on any atom is -0.338 e. The van der Waals surface area contributed by atoms with Gasteiger partial charge in [0.1, 0.15) is 6.04 Å². The smallest absolute Gasteiger partial charge is 0.321 e. The van der Waals surface area contributed by atoms with E-state index in [0.717, 1.165) is 0 Å². The molecule has 0 aromatic heterocycles.